The highest BCUT2D eigenvalue weighted by atomic mass is 16.4. The van der Waals surface area contributed by atoms with E-state index in [0.29, 0.717) is 18.5 Å². The van der Waals surface area contributed by atoms with Crippen LogP contribution in [0.25, 0.3) is 0 Å². The number of carboxylic acid groups (broad SMARTS) is 1. The maximum atomic E-state index is 12.7. The summed E-state index contributed by atoms with van der Waals surface area (Å²) < 4.78 is 0. The monoisotopic (exact) mass is 275 g/mol. The number of amides is 1. The number of carboxylic acids is 1. The van der Waals surface area contributed by atoms with E-state index >= 15 is 0 Å². The number of carbonyl (C=O) groups is 2. The highest BCUT2D eigenvalue weighted by molar-refractivity contribution is 5.97. The van der Waals surface area contributed by atoms with Gasteiger partial charge in [-0.2, -0.15) is 0 Å². The molecular formula is C16H21NO3. The molecule has 0 aliphatic carbocycles. The summed E-state index contributed by atoms with van der Waals surface area (Å²) >= 11 is 0. The minimum Gasteiger partial charge on any atom is -0.481 e. The van der Waals surface area contributed by atoms with Crippen molar-refractivity contribution in [2.45, 2.75) is 33.6 Å². The van der Waals surface area contributed by atoms with E-state index in [9.17, 15) is 14.7 Å². The van der Waals surface area contributed by atoms with E-state index < -0.39 is 11.4 Å². The second-order valence-corrected chi connectivity index (χ2v) is 5.96. The van der Waals surface area contributed by atoms with Crippen molar-refractivity contribution < 1.29 is 14.7 Å². The minimum absolute atomic E-state index is 0.0484. The number of aryl methyl sites for hydroxylation is 2. The van der Waals surface area contributed by atoms with Crippen LogP contribution in [-0.2, 0) is 4.79 Å². The summed E-state index contributed by atoms with van der Waals surface area (Å²) in [5.41, 5.74) is 1.77. The summed E-state index contributed by atoms with van der Waals surface area (Å²) in [5, 5.41) is 9.34. The summed E-state index contributed by atoms with van der Waals surface area (Å²) in [6.45, 7) is 6.48. The Balaban J connectivity index is 2.28. The van der Waals surface area contributed by atoms with Crippen molar-refractivity contribution in [3.8, 4) is 0 Å². The maximum Gasteiger partial charge on any atom is 0.311 e. The van der Waals surface area contributed by atoms with E-state index in [2.05, 4.69) is 0 Å². The molecular weight excluding hydrogens is 254 g/mol. The van der Waals surface area contributed by atoms with Crippen LogP contribution in [0.3, 0.4) is 0 Å². The summed E-state index contributed by atoms with van der Waals surface area (Å²) in [6.07, 6.45) is 1.36. The summed E-state index contributed by atoms with van der Waals surface area (Å²) in [4.78, 5) is 25.7. The third-order valence-corrected chi connectivity index (χ3v) is 4.19. The number of nitrogens with zero attached hydrogens (tertiary/aromatic N) is 1. The standard InChI is InChI=1S/C16H21NO3/c1-11-6-4-7-12(2)13(11)14(18)17-9-5-8-16(3,10-17)15(19)20/h4,6-7H,5,8-10H2,1-3H3,(H,19,20). The van der Waals surface area contributed by atoms with E-state index in [4.69, 9.17) is 0 Å². The highest BCUT2D eigenvalue weighted by Crippen LogP contribution is 2.31. The Hall–Kier alpha value is -1.84. The molecule has 1 atom stereocenters. The van der Waals surface area contributed by atoms with Crippen LogP contribution in [0.4, 0.5) is 0 Å². The van der Waals surface area contributed by atoms with Gasteiger partial charge in [0.05, 0.1) is 5.41 Å². The van der Waals surface area contributed by atoms with Crippen molar-refractivity contribution in [1.29, 1.82) is 0 Å². The molecule has 1 aliphatic heterocycles. The highest BCUT2D eigenvalue weighted by Gasteiger charge is 2.39. The lowest BCUT2D eigenvalue weighted by Gasteiger charge is -2.38. The van der Waals surface area contributed by atoms with Gasteiger partial charge in [0.1, 0.15) is 0 Å². The number of likely N-dealkylation sites (tertiary alicyclic amines) is 1. The molecule has 1 fully saturated rings. The number of hydrogen-bond donors (Lipinski definition) is 1. The predicted molar refractivity (Wildman–Crippen MR) is 76.8 cm³/mol. The number of rotatable bonds is 2. The van der Waals surface area contributed by atoms with E-state index in [1.165, 1.54) is 0 Å². The molecule has 1 unspecified atom stereocenters. The Morgan fingerprint density at radius 2 is 1.85 bits per heavy atom. The van der Waals surface area contributed by atoms with Crippen molar-refractivity contribution in [1.82, 2.24) is 4.90 Å². The van der Waals surface area contributed by atoms with Crippen LogP contribution >= 0.6 is 0 Å². The van der Waals surface area contributed by atoms with Gasteiger partial charge in [0.2, 0.25) is 0 Å². The van der Waals surface area contributed by atoms with Gasteiger partial charge in [-0.05, 0) is 44.7 Å². The molecule has 1 N–H and O–H groups in total. The van der Waals surface area contributed by atoms with Crippen molar-refractivity contribution in [3.63, 3.8) is 0 Å². The number of piperidine rings is 1. The van der Waals surface area contributed by atoms with E-state index in [-0.39, 0.29) is 12.5 Å². The molecule has 0 aromatic heterocycles. The molecule has 1 aromatic rings. The molecule has 2 rings (SSSR count). The Bertz CT molecular complexity index is 532. The molecule has 1 aliphatic rings. The minimum atomic E-state index is -0.829. The fourth-order valence-electron chi connectivity index (χ4n) is 2.90. The smallest absolute Gasteiger partial charge is 0.311 e. The third-order valence-electron chi connectivity index (χ3n) is 4.19. The molecule has 1 amide bonds. The first kappa shape index (κ1) is 14.6. The van der Waals surface area contributed by atoms with Gasteiger partial charge in [0.15, 0.2) is 0 Å². The molecule has 1 saturated heterocycles. The lowest BCUT2D eigenvalue weighted by Crippen LogP contribution is -2.48. The van der Waals surface area contributed by atoms with Gasteiger partial charge in [-0.25, -0.2) is 0 Å². The Labute approximate surface area is 119 Å². The van der Waals surface area contributed by atoms with Crippen LogP contribution < -0.4 is 0 Å². The zero-order chi connectivity index (χ0) is 14.9. The molecule has 4 heteroatoms. The predicted octanol–water partition coefficient (Wildman–Crippen LogP) is 2.63. The van der Waals surface area contributed by atoms with Gasteiger partial charge in [-0.3, -0.25) is 9.59 Å². The largest absolute Gasteiger partial charge is 0.481 e. The topological polar surface area (TPSA) is 57.6 Å². The molecule has 108 valence electrons. The molecule has 20 heavy (non-hydrogen) atoms. The first-order valence-corrected chi connectivity index (χ1v) is 6.94. The van der Waals surface area contributed by atoms with Gasteiger partial charge in [0, 0.05) is 18.7 Å². The second kappa shape index (κ2) is 5.27. The average Bonchev–Trinajstić information content (AvgIpc) is 2.38. The van der Waals surface area contributed by atoms with E-state index in [0.717, 1.165) is 17.5 Å². The first-order valence-electron chi connectivity index (χ1n) is 6.94. The van der Waals surface area contributed by atoms with E-state index in [1.807, 2.05) is 32.0 Å². The van der Waals surface area contributed by atoms with Crippen molar-refractivity contribution >= 4 is 11.9 Å². The first-order chi connectivity index (χ1) is 9.35. The molecule has 1 aromatic carbocycles. The van der Waals surface area contributed by atoms with Gasteiger partial charge >= 0.3 is 5.97 Å². The molecule has 0 radical (unpaired) electrons. The summed E-state index contributed by atoms with van der Waals surface area (Å²) in [6, 6.07) is 5.76. The van der Waals surface area contributed by atoms with Gasteiger partial charge < -0.3 is 10.0 Å². The SMILES string of the molecule is Cc1cccc(C)c1C(=O)N1CCCC(C)(C(=O)O)C1. The molecule has 4 nitrogen and oxygen atoms in total. The van der Waals surface area contributed by atoms with Gasteiger partial charge in [-0.1, -0.05) is 18.2 Å². The van der Waals surface area contributed by atoms with Crippen LogP contribution in [-0.4, -0.2) is 35.0 Å². The lowest BCUT2D eigenvalue weighted by atomic mass is 9.81. The molecule has 1 heterocycles. The number of carbonyl (C=O) groups excluding carboxylic acids is 1. The number of aliphatic carboxylic acids is 1. The Morgan fingerprint density at radius 1 is 1.25 bits per heavy atom. The van der Waals surface area contributed by atoms with Gasteiger partial charge in [0.25, 0.3) is 5.91 Å². The Morgan fingerprint density at radius 3 is 2.40 bits per heavy atom. The average molecular weight is 275 g/mol. The van der Waals surface area contributed by atoms with Crippen molar-refractivity contribution in [2.75, 3.05) is 13.1 Å². The fourth-order valence-corrected chi connectivity index (χ4v) is 2.90. The second-order valence-electron chi connectivity index (χ2n) is 5.96. The van der Waals surface area contributed by atoms with E-state index in [1.54, 1.807) is 11.8 Å². The van der Waals surface area contributed by atoms with Crippen LogP contribution in [0.5, 0.6) is 0 Å². The van der Waals surface area contributed by atoms with Crippen molar-refractivity contribution in [3.05, 3.63) is 34.9 Å². The molecule has 0 spiro atoms. The maximum absolute atomic E-state index is 12.7. The van der Waals surface area contributed by atoms with Crippen LogP contribution in [0.15, 0.2) is 18.2 Å². The summed E-state index contributed by atoms with van der Waals surface area (Å²) in [7, 11) is 0. The summed E-state index contributed by atoms with van der Waals surface area (Å²) in [5.74, 6) is -0.871. The van der Waals surface area contributed by atoms with Crippen LogP contribution in [0.2, 0.25) is 0 Å². The zero-order valence-electron chi connectivity index (χ0n) is 12.3. The Kier molecular flexibility index (Phi) is 3.84. The lowest BCUT2D eigenvalue weighted by molar-refractivity contribution is -0.150. The third kappa shape index (κ3) is 2.55. The molecule has 0 bridgehead atoms. The molecule has 0 saturated carbocycles. The number of benzene rings is 1. The number of hydrogen-bond acceptors (Lipinski definition) is 2. The van der Waals surface area contributed by atoms with Gasteiger partial charge in [-0.15, -0.1) is 0 Å². The van der Waals surface area contributed by atoms with Crippen molar-refractivity contribution in [2.24, 2.45) is 5.41 Å². The van der Waals surface area contributed by atoms with Crippen LogP contribution in [0.1, 0.15) is 41.3 Å². The van der Waals surface area contributed by atoms with Crippen LogP contribution in [0, 0.1) is 19.3 Å². The quantitative estimate of drug-likeness (QED) is 0.902. The zero-order valence-corrected chi connectivity index (χ0v) is 12.3. The normalized spacial score (nSPS) is 22.6. The fraction of sp³-hybridized carbons (Fsp3) is 0.500.